The monoisotopic (exact) mass is 1150 g/mol. The van der Waals surface area contributed by atoms with E-state index in [1.807, 2.05) is 12.3 Å². The smallest absolute Gasteiger partial charge is 0.153 e. The number of hydrogen-bond donors (Lipinski definition) is 0. The molecule has 13 aromatic rings. The van der Waals surface area contributed by atoms with E-state index in [2.05, 4.69) is 296 Å². The SMILES string of the molecule is CC(C)(C)c1ccnc(-n2c3ccccc3c3ccc(Oc4ccc5c(c4)N4CN(CCCCCCCc6c(-c7cc(-c8ccccc8)cc(-c8ccccc8)c7)cccc6-c6cc(-c7ccccc7)cc(-c7ccccc7)c6)c6cccc(c64)O5)cc32)c1. The lowest BCUT2D eigenvalue weighted by Crippen LogP contribution is -2.29. The molecule has 0 aliphatic carbocycles. The lowest BCUT2D eigenvalue weighted by Gasteiger charge is -2.29. The fourth-order valence-corrected chi connectivity index (χ4v) is 13.5. The molecule has 0 saturated heterocycles. The van der Waals surface area contributed by atoms with Crippen molar-refractivity contribution in [1.82, 2.24) is 9.55 Å². The second kappa shape index (κ2) is 23.7. The normalized spacial score (nSPS) is 12.5. The van der Waals surface area contributed by atoms with Crippen LogP contribution in [0.25, 0.3) is 94.4 Å². The van der Waals surface area contributed by atoms with Crippen molar-refractivity contribution >= 4 is 38.9 Å². The molecular formula is C83H70N4O2. The van der Waals surface area contributed by atoms with Crippen LogP contribution in [0.15, 0.2) is 273 Å². The van der Waals surface area contributed by atoms with Crippen molar-refractivity contribution < 1.29 is 9.47 Å². The second-order valence-electron chi connectivity index (χ2n) is 24.9. The summed E-state index contributed by atoms with van der Waals surface area (Å²) in [5.74, 6) is 4.13. The molecular weight excluding hydrogens is 1080 g/mol. The van der Waals surface area contributed by atoms with Crippen LogP contribution in [0, 0.1) is 0 Å². The number of rotatable bonds is 17. The molecule has 434 valence electrons. The van der Waals surface area contributed by atoms with E-state index in [4.69, 9.17) is 14.5 Å². The van der Waals surface area contributed by atoms with Crippen molar-refractivity contribution in [3.63, 3.8) is 0 Å². The third-order valence-corrected chi connectivity index (χ3v) is 18.0. The molecule has 0 N–H and O–H groups in total. The van der Waals surface area contributed by atoms with Crippen LogP contribution in [-0.2, 0) is 11.8 Å². The van der Waals surface area contributed by atoms with Gasteiger partial charge in [0.25, 0.3) is 0 Å². The number of benzene rings is 11. The topological polar surface area (TPSA) is 42.8 Å². The quantitative estimate of drug-likeness (QED) is 0.0850. The fourth-order valence-electron chi connectivity index (χ4n) is 13.5. The van der Waals surface area contributed by atoms with Crippen LogP contribution in [0.2, 0.25) is 0 Å². The van der Waals surface area contributed by atoms with Gasteiger partial charge in [-0.05, 0) is 194 Å². The van der Waals surface area contributed by atoms with Crippen molar-refractivity contribution in [2.24, 2.45) is 0 Å². The van der Waals surface area contributed by atoms with E-state index >= 15 is 0 Å². The number of para-hydroxylation sites is 2. The number of aromatic nitrogens is 2. The van der Waals surface area contributed by atoms with Crippen LogP contribution in [0.3, 0.4) is 0 Å². The zero-order valence-corrected chi connectivity index (χ0v) is 50.7. The third-order valence-electron chi connectivity index (χ3n) is 18.0. The third kappa shape index (κ3) is 11.0. The summed E-state index contributed by atoms with van der Waals surface area (Å²) < 4.78 is 15.7. The summed E-state index contributed by atoms with van der Waals surface area (Å²) in [5, 5.41) is 2.34. The van der Waals surface area contributed by atoms with E-state index in [1.165, 1.54) is 89.0 Å². The molecule has 0 bridgehead atoms. The molecule has 0 unspecified atom stereocenters. The Morgan fingerprint density at radius 3 is 1.56 bits per heavy atom. The molecule has 0 fully saturated rings. The van der Waals surface area contributed by atoms with E-state index < -0.39 is 0 Å². The Bertz CT molecular complexity index is 4460. The summed E-state index contributed by atoms with van der Waals surface area (Å²) in [6.45, 7) is 8.43. The van der Waals surface area contributed by atoms with Crippen molar-refractivity contribution in [1.29, 1.82) is 0 Å². The predicted molar refractivity (Wildman–Crippen MR) is 371 cm³/mol. The minimum Gasteiger partial charge on any atom is -0.457 e. The van der Waals surface area contributed by atoms with Gasteiger partial charge in [0.05, 0.1) is 29.1 Å². The maximum atomic E-state index is 6.80. The lowest BCUT2D eigenvalue weighted by atomic mass is 9.85. The highest BCUT2D eigenvalue weighted by molar-refractivity contribution is 6.09. The van der Waals surface area contributed by atoms with Gasteiger partial charge in [-0.15, -0.1) is 0 Å². The molecule has 6 heteroatoms. The average molecular weight is 1160 g/mol. The maximum absolute atomic E-state index is 6.80. The highest BCUT2D eigenvalue weighted by Crippen LogP contribution is 2.55. The Labute approximate surface area is 522 Å². The second-order valence-corrected chi connectivity index (χ2v) is 24.9. The zero-order valence-electron chi connectivity index (χ0n) is 50.7. The van der Waals surface area contributed by atoms with E-state index in [-0.39, 0.29) is 5.41 Å². The molecule has 0 atom stereocenters. The van der Waals surface area contributed by atoms with Gasteiger partial charge in [-0.3, -0.25) is 4.57 Å². The molecule has 2 aliphatic heterocycles. The Morgan fingerprint density at radius 1 is 0.416 bits per heavy atom. The van der Waals surface area contributed by atoms with Crippen LogP contribution in [0.5, 0.6) is 23.0 Å². The van der Waals surface area contributed by atoms with Crippen molar-refractivity contribution in [2.45, 2.75) is 64.7 Å². The molecule has 6 nitrogen and oxygen atoms in total. The molecule has 0 spiro atoms. The van der Waals surface area contributed by atoms with Gasteiger partial charge < -0.3 is 19.3 Å². The van der Waals surface area contributed by atoms with Gasteiger partial charge in [0, 0.05) is 35.6 Å². The lowest BCUT2D eigenvalue weighted by molar-refractivity contribution is 0.465. The summed E-state index contributed by atoms with van der Waals surface area (Å²) in [4.78, 5) is 9.85. The highest BCUT2D eigenvalue weighted by Gasteiger charge is 2.35. The van der Waals surface area contributed by atoms with Gasteiger partial charge in [0.1, 0.15) is 23.0 Å². The first kappa shape index (κ1) is 55.2. The molecule has 89 heavy (non-hydrogen) atoms. The number of pyridine rings is 1. The summed E-state index contributed by atoms with van der Waals surface area (Å²) in [7, 11) is 0. The van der Waals surface area contributed by atoms with Crippen molar-refractivity contribution in [2.75, 3.05) is 23.0 Å². The van der Waals surface area contributed by atoms with Gasteiger partial charge in [-0.2, -0.15) is 0 Å². The Hall–Kier alpha value is -10.4. The molecule has 2 aromatic heterocycles. The summed E-state index contributed by atoms with van der Waals surface area (Å²) in [6, 6.07) is 96.7. The highest BCUT2D eigenvalue weighted by atomic mass is 16.5. The molecule has 0 radical (unpaired) electrons. The number of nitrogens with zero attached hydrogens (tertiary/aromatic N) is 4. The van der Waals surface area contributed by atoms with Gasteiger partial charge in [-0.25, -0.2) is 4.98 Å². The molecule has 11 aromatic carbocycles. The molecule has 0 saturated carbocycles. The first-order chi connectivity index (χ1) is 43.7. The van der Waals surface area contributed by atoms with E-state index in [1.54, 1.807) is 0 Å². The Balaban J connectivity index is 0.674. The zero-order chi connectivity index (χ0) is 59.8. The molecule has 15 rings (SSSR count). The van der Waals surface area contributed by atoms with Crippen LogP contribution >= 0.6 is 0 Å². The number of unbranched alkanes of at least 4 members (excludes halogenated alkanes) is 4. The number of hydrogen-bond acceptors (Lipinski definition) is 5. The first-order valence-electron chi connectivity index (χ1n) is 31.5. The molecule has 2 aliphatic rings. The minimum absolute atomic E-state index is 0.0167. The summed E-state index contributed by atoms with van der Waals surface area (Å²) in [5.41, 5.74) is 22.9. The number of anilines is 3. The summed E-state index contributed by atoms with van der Waals surface area (Å²) >= 11 is 0. The predicted octanol–water partition coefficient (Wildman–Crippen LogP) is 22.5. The van der Waals surface area contributed by atoms with Gasteiger partial charge in [0.2, 0.25) is 0 Å². The van der Waals surface area contributed by atoms with E-state index in [9.17, 15) is 0 Å². The fraction of sp³-hybridized carbons (Fsp3) is 0.145. The minimum atomic E-state index is -0.0167. The molecule has 4 heterocycles. The van der Waals surface area contributed by atoms with E-state index in [0.717, 1.165) is 108 Å². The number of fused-ring (bicyclic) bond motifs is 5. The maximum Gasteiger partial charge on any atom is 0.153 e. The first-order valence-corrected chi connectivity index (χ1v) is 31.5. The van der Waals surface area contributed by atoms with Crippen LogP contribution in [0.1, 0.15) is 64.0 Å². The van der Waals surface area contributed by atoms with Gasteiger partial charge in [-0.1, -0.05) is 204 Å². The van der Waals surface area contributed by atoms with E-state index in [0.29, 0.717) is 0 Å². The van der Waals surface area contributed by atoms with Crippen LogP contribution in [-0.4, -0.2) is 22.8 Å². The Morgan fingerprint density at radius 2 is 0.944 bits per heavy atom. The largest absolute Gasteiger partial charge is 0.457 e. The summed E-state index contributed by atoms with van der Waals surface area (Å²) in [6.07, 6.45) is 8.50. The average Bonchev–Trinajstić information content (AvgIpc) is 1.71. The van der Waals surface area contributed by atoms with Gasteiger partial charge in [0.15, 0.2) is 11.5 Å². The Kier molecular flexibility index (Phi) is 14.7. The standard InChI is InChI=1S/C83H70N4O2/c1-83(2,3)67-44-45-84-81(53-67)87-75-37-21-20-34-73(75)74-42-40-68(54-77(74)87)88-69-41-43-79-78(55-69)86-56-85(76-38-24-39-80(89-79)82(76)86)46-22-6-4-5-19-33-72-70(65-49-61(57-25-11-7-12-26-57)47-62(50-65)58-27-13-8-14-28-58)35-23-36-71(72)66-51-63(59-29-15-9-16-30-59)48-64(52-66)60-31-17-10-18-32-60/h7-18,20-21,23-32,34-45,47-55H,4-6,19,22,33,46,56H2,1-3H3. The van der Waals surface area contributed by atoms with Crippen LogP contribution < -0.4 is 19.3 Å². The number of ether oxygens (including phenoxy) is 2. The van der Waals surface area contributed by atoms with Crippen molar-refractivity contribution in [3.8, 4) is 95.6 Å². The van der Waals surface area contributed by atoms with Gasteiger partial charge >= 0.3 is 0 Å². The molecule has 0 amide bonds. The van der Waals surface area contributed by atoms with Crippen molar-refractivity contribution in [3.05, 3.63) is 284 Å². The van der Waals surface area contributed by atoms with Crippen LogP contribution in [0.4, 0.5) is 17.1 Å².